The Morgan fingerprint density at radius 2 is 2.00 bits per heavy atom. The molecular formula is C10H6BrNO3. The van der Waals surface area contributed by atoms with E-state index in [1.807, 2.05) is 0 Å². The number of carboxylic acid groups (broad SMARTS) is 1. The first kappa shape index (κ1) is 9.92. The van der Waals surface area contributed by atoms with E-state index in [2.05, 4.69) is 20.9 Å². The van der Waals surface area contributed by atoms with Gasteiger partial charge in [0, 0.05) is 17.0 Å². The number of aromatic nitrogens is 1. The van der Waals surface area contributed by atoms with Crippen molar-refractivity contribution in [2.75, 3.05) is 0 Å². The zero-order valence-electron chi connectivity index (χ0n) is 7.44. The third kappa shape index (κ3) is 1.55. The number of aromatic carboxylic acids is 1. The van der Waals surface area contributed by atoms with Crippen molar-refractivity contribution in [1.29, 1.82) is 0 Å². The molecule has 0 aliphatic heterocycles. The van der Waals surface area contributed by atoms with Crippen LogP contribution in [-0.2, 0) is 0 Å². The van der Waals surface area contributed by atoms with Crippen LogP contribution in [0, 0.1) is 0 Å². The summed E-state index contributed by atoms with van der Waals surface area (Å²) in [6, 6.07) is 4.77. The van der Waals surface area contributed by atoms with Gasteiger partial charge >= 0.3 is 5.97 Å². The maximum Gasteiger partial charge on any atom is 0.355 e. The van der Waals surface area contributed by atoms with E-state index in [0.717, 1.165) is 0 Å². The number of hydrogen-bond donors (Lipinski definition) is 2. The van der Waals surface area contributed by atoms with Crippen molar-refractivity contribution in [3.05, 3.63) is 34.6 Å². The molecule has 0 unspecified atom stereocenters. The van der Waals surface area contributed by atoms with Crippen LogP contribution in [0.4, 0.5) is 0 Å². The third-order valence-corrected chi connectivity index (χ3v) is 2.71. The first-order valence-electron chi connectivity index (χ1n) is 4.10. The summed E-state index contributed by atoms with van der Waals surface area (Å²) in [5, 5.41) is 19.5. The van der Waals surface area contributed by atoms with Crippen LogP contribution in [-0.4, -0.2) is 21.2 Å². The minimum Gasteiger partial charge on any atom is -0.506 e. The fraction of sp³-hybridized carbons (Fsp3) is 0. The van der Waals surface area contributed by atoms with E-state index in [1.54, 1.807) is 18.2 Å². The summed E-state index contributed by atoms with van der Waals surface area (Å²) >= 11 is 3.16. The average Bonchev–Trinajstić information content (AvgIpc) is 2.23. The van der Waals surface area contributed by atoms with Gasteiger partial charge in [-0.1, -0.05) is 6.07 Å². The van der Waals surface area contributed by atoms with Crippen LogP contribution in [0.1, 0.15) is 10.5 Å². The molecule has 0 radical (unpaired) electrons. The van der Waals surface area contributed by atoms with Crippen LogP contribution in [0.3, 0.4) is 0 Å². The molecule has 0 atom stereocenters. The predicted molar refractivity (Wildman–Crippen MR) is 58.1 cm³/mol. The van der Waals surface area contributed by atoms with Crippen LogP contribution in [0.25, 0.3) is 10.8 Å². The van der Waals surface area contributed by atoms with Gasteiger partial charge in [0.15, 0.2) is 5.69 Å². The van der Waals surface area contributed by atoms with Crippen molar-refractivity contribution in [1.82, 2.24) is 4.98 Å². The lowest BCUT2D eigenvalue weighted by molar-refractivity contribution is 0.0693. The Labute approximate surface area is 93.3 Å². The average molecular weight is 268 g/mol. The maximum absolute atomic E-state index is 10.9. The van der Waals surface area contributed by atoms with Gasteiger partial charge in [-0.15, -0.1) is 0 Å². The molecule has 0 saturated carbocycles. The number of nitrogens with zero attached hydrogens (tertiary/aromatic N) is 1. The summed E-state index contributed by atoms with van der Waals surface area (Å²) in [5.74, 6) is -1.08. The van der Waals surface area contributed by atoms with E-state index in [9.17, 15) is 9.90 Å². The monoisotopic (exact) mass is 267 g/mol. The minimum absolute atomic E-state index is 0.0254. The predicted octanol–water partition coefficient (Wildman–Crippen LogP) is 2.40. The molecule has 0 fully saturated rings. The Morgan fingerprint density at radius 3 is 2.67 bits per heavy atom. The molecule has 0 amide bonds. The molecule has 0 bridgehead atoms. The lowest BCUT2D eigenvalue weighted by atomic mass is 10.1. The number of fused-ring (bicyclic) bond motifs is 1. The van der Waals surface area contributed by atoms with Gasteiger partial charge in [0.2, 0.25) is 0 Å². The Morgan fingerprint density at radius 1 is 1.27 bits per heavy atom. The highest BCUT2D eigenvalue weighted by atomic mass is 79.9. The smallest absolute Gasteiger partial charge is 0.355 e. The highest BCUT2D eigenvalue weighted by molar-refractivity contribution is 9.10. The molecule has 0 aliphatic rings. The number of phenolic OH excluding ortho intramolecular Hbond substituents is 1. The third-order valence-electron chi connectivity index (χ3n) is 2.07. The molecule has 0 aliphatic carbocycles. The number of rotatable bonds is 1. The lowest BCUT2D eigenvalue weighted by Gasteiger charge is -2.04. The molecule has 5 heteroatoms. The van der Waals surface area contributed by atoms with Gasteiger partial charge < -0.3 is 10.2 Å². The Kier molecular flexibility index (Phi) is 2.32. The van der Waals surface area contributed by atoms with E-state index in [-0.39, 0.29) is 11.4 Å². The van der Waals surface area contributed by atoms with Gasteiger partial charge in [-0.25, -0.2) is 9.78 Å². The highest BCUT2D eigenvalue weighted by Gasteiger charge is 2.12. The summed E-state index contributed by atoms with van der Waals surface area (Å²) in [7, 11) is 0. The van der Waals surface area contributed by atoms with Gasteiger partial charge in [-0.3, -0.25) is 0 Å². The summed E-state index contributed by atoms with van der Waals surface area (Å²) in [6.07, 6.45) is 1.36. The van der Waals surface area contributed by atoms with Gasteiger partial charge in [0.25, 0.3) is 0 Å². The molecule has 2 rings (SSSR count). The first-order valence-corrected chi connectivity index (χ1v) is 4.90. The molecule has 4 nitrogen and oxygen atoms in total. The zero-order valence-corrected chi connectivity index (χ0v) is 9.02. The second kappa shape index (κ2) is 3.51. The summed E-state index contributed by atoms with van der Waals surface area (Å²) in [5.41, 5.74) is -0.0599. The van der Waals surface area contributed by atoms with Crippen molar-refractivity contribution >= 4 is 32.7 Å². The molecule has 1 aromatic carbocycles. The fourth-order valence-electron chi connectivity index (χ4n) is 1.38. The van der Waals surface area contributed by atoms with Crippen LogP contribution in [0.15, 0.2) is 28.9 Å². The SMILES string of the molecule is O=C(O)c1nccc2c(O)c(Br)ccc12. The van der Waals surface area contributed by atoms with Crippen molar-refractivity contribution in [3.8, 4) is 5.75 Å². The normalized spacial score (nSPS) is 10.5. The molecule has 76 valence electrons. The standard InChI is InChI=1S/C10H6BrNO3/c11-7-2-1-5-6(9(7)13)3-4-12-8(5)10(14)15/h1-4,13H,(H,14,15). The maximum atomic E-state index is 10.9. The summed E-state index contributed by atoms with van der Waals surface area (Å²) < 4.78 is 0.525. The van der Waals surface area contributed by atoms with Crippen molar-refractivity contribution in [3.63, 3.8) is 0 Å². The summed E-state index contributed by atoms with van der Waals surface area (Å²) in [6.45, 7) is 0. The second-order valence-electron chi connectivity index (χ2n) is 2.96. The number of carbonyl (C=O) groups is 1. The molecule has 0 saturated heterocycles. The van der Waals surface area contributed by atoms with E-state index in [1.165, 1.54) is 6.20 Å². The lowest BCUT2D eigenvalue weighted by Crippen LogP contribution is -2.00. The fourth-order valence-corrected chi connectivity index (χ4v) is 1.73. The van der Waals surface area contributed by atoms with Crippen LogP contribution < -0.4 is 0 Å². The number of halogens is 1. The molecule has 1 aromatic heterocycles. The molecule has 15 heavy (non-hydrogen) atoms. The number of carboxylic acids is 1. The van der Waals surface area contributed by atoms with Crippen molar-refractivity contribution < 1.29 is 15.0 Å². The molecule has 2 aromatic rings. The molecule has 1 heterocycles. The Bertz CT molecular complexity index is 554. The summed E-state index contributed by atoms with van der Waals surface area (Å²) in [4.78, 5) is 14.6. The quantitative estimate of drug-likeness (QED) is 0.833. The highest BCUT2D eigenvalue weighted by Crippen LogP contribution is 2.33. The van der Waals surface area contributed by atoms with Crippen LogP contribution in [0.2, 0.25) is 0 Å². The molecule has 2 N–H and O–H groups in total. The van der Waals surface area contributed by atoms with Crippen molar-refractivity contribution in [2.24, 2.45) is 0 Å². The first-order chi connectivity index (χ1) is 7.11. The van der Waals surface area contributed by atoms with Crippen LogP contribution >= 0.6 is 15.9 Å². The van der Waals surface area contributed by atoms with Crippen molar-refractivity contribution in [2.45, 2.75) is 0 Å². The molecular weight excluding hydrogens is 262 g/mol. The van der Waals surface area contributed by atoms with Crippen LogP contribution in [0.5, 0.6) is 5.75 Å². The Hall–Kier alpha value is -1.62. The zero-order chi connectivity index (χ0) is 11.0. The van der Waals surface area contributed by atoms with E-state index < -0.39 is 5.97 Å². The number of pyridine rings is 1. The second-order valence-corrected chi connectivity index (χ2v) is 3.81. The van der Waals surface area contributed by atoms with Gasteiger partial charge in [0.05, 0.1) is 4.47 Å². The number of hydrogen-bond acceptors (Lipinski definition) is 3. The minimum atomic E-state index is -1.11. The number of aromatic hydroxyl groups is 1. The van der Waals surface area contributed by atoms with Gasteiger partial charge in [-0.05, 0) is 28.1 Å². The van der Waals surface area contributed by atoms with Gasteiger partial charge in [0.1, 0.15) is 5.75 Å². The number of phenols is 1. The topological polar surface area (TPSA) is 70.4 Å². The number of benzene rings is 1. The van der Waals surface area contributed by atoms with E-state index >= 15 is 0 Å². The Balaban J connectivity index is 2.89. The molecule has 0 spiro atoms. The van der Waals surface area contributed by atoms with E-state index in [0.29, 0.717) is 15.2 Å². The van der Waals surface area contributed by atoms with Gasteiger partial charge in [-0.2, -0.15) is 0 Å². The van der Waals surface area contributed by atoms with E-state index in [4.69, 9.17) is 5.11 Å². The largest absolute Gasteiger partial charge is 0.506 e.